The van der Waals surface area contributed by atoms with Crippen LogP contribution in [0.25, 0.3) is 0 Å². The van der Waals surface area contributed by atoms with Gasteiger partial charge in [-0.15, -0.1) is 24.0 Å². The second kappa shape index (κ2) is 13.0. The van der Waals surface area contributed by atoms with Crippen LogP contribution in [-0.4, -0.2) is 38.5 Å². The molecule has 0 aliphatic heterocycles. The molecule has 2 rings (SSSR count). The van der Waals surface area contributed by atoms with Gasteiger partial charge in [-0.1, -0.05) is 24.3 Å². The molecule has 0 saturated carbocycles. The van der Waals surface area contributed by atoms with Gasteiger partial charge in [0.25, 0.3) is 0 Å². The third-order valence-electron chi connectivity index (χ3n) is 4.35. The fraction of sp³-hybridized carbons (Fsp3) is 0.364. The van der Waals surface area contributed by atoms with Crippen molar-refractivity contribution in [3.8, 4) is 0 Å². The zero-order valence-electron chi connectivity index (χ0n) is 17.7. The highest BCUT2D eigenvalue weighted by molar-refractivity contribution is 14.0. The Morgan fingerprint density at radius 1 is 1.10 bits per heavy atom. The molecule has 0 fully saturated rings. The molecule has 7 heteroatoms. The van der Waals surface area contributed by atoms with E-state index in [4.69, 9.17) is 0 Å². The lowest BCUT2D eigenvalue weighted by atomic mass is 10.2. The Labute approximate surface area is 191 Å². The first-order valence-electron chi connectivity index (χ1n) is 9.64. The summed E-state index contributed by atoms with van der Waals surface area (Å²) in [6.07, 6.45) is 0. The maximum absolute atomic E-state index is 11.2. The van der Waals surface area contributed by atoms with Crippen LogP contribution in [0.3, 0.4) is 0 Å². The number of hydrogen-bond acceptors (Lipinski definition) is 3. The van der Waals surface area contributed by atoms with E-state index in [1.165, 1.54) is 18.2 Å². The lowest BCUT2D eigenvalue weighted by Gasteiger charge is -2.24. The standard InChI is InChI=1S/C22H31N5O.HI/c1-5-27(21-11-6-8-17(2)14-21)13-12-24-22(23-4)25-16-19-9-7-10-20(15-19)26-18(3)28;/h6-11,14-15H,5,12-13,16H2,1-4H3,(H,26,28)(H2,23,24,25);1H. The Balaban J connectivity index is 0.00000420. The lowest BCUT2D eigenvalue weighted by molar-refractivity contribution is -0.114. The van der Waals surface area contributed by atoms with Crippen molar-refractivity contribution in [2.75, 3.05) is 36.9 Å². The summed E-state index contributed by atoms with van der Waals surface area (Å²) in [6, 6.07) is 16.3. The van der Waals surface area contributed by atoms with Crippen LogP contribution in [0.5, 0.6) is 0 Å². The molecule has 0 aromatic heterocycles. The average Bonchev–Trinajstić information content (AvgIpc) is 2.67. The fourth-order valence-corrected chi connectivity index (χ4v) is 2.97. The Bertz CT molecular complexity index is 809. The molecule has 0 aliphatic carbocycles. The van der Waals surface area contributed by atoms with E-state index >= 15 is 0 Å². The number of rotatable bonds is 8. The van der Waals surface area contributed by atoms with E-state index in [0.717, 1.165) is 36.8 Å². The van der Waals surface area contributed by atoms with E-state index in [2.05, 4.69) is 64.0 Å². The molecule has 0 aliphatic rings. The van der Waals surface area contributed by atoms with Gasteiger partial charge in [0, 0.05) is 51.5 Å². The highest BCUT2D eigenvalue weighted by atomic mass is 127. The highest BCUT2D eigenvalue weighted by Gasteiger charge is 2.05. The van der Waals surface area contributed by atoms with Crippen molar-refractivity contribution in [3.05, 3.63) is 59.7 Å². The van der Waals surface area contributed by atoms with E-state index in [0.29, 0.717) is 6.54 Å². The third-order valence-corrected chi connectivity index (χ3v) is 4.35. The van der Waals surface area contributed by atoms with Crippen molar-refractivity contribution in [1.82, 2.24) is 10.6 Å². The topological polar surface area (TPSA) is 68.8 Å². The molecular weight excluding hydrogens is 477 g/mol. The van der Waals surface area contributed by atoms with Crippen LogP contribution in [0.15, 0.2) is 53.5 Å². The van der Waals surface area contributed by atoms with Crippen molar-refractivity contribution in [2.24, 2.45) is 4.99 Å². The average molecular weight is 509 g/mol. The number of aliphatic imine (C=N–C) groups is 1. The normalized spacial score (nSPS) is 10.7. The summed E-state index contributed by atoms with van der Waals surface area (Å²) in [4.78, 5) is 17.8. The Morgan fingerprint density at radius 2 is 1.86 bits per heavy atom. The predicted octanol–water partition coefficient (Wildman–Crippen LogP) is 3.76. The van der Waals surface area contributed by atoms with Crippen LogP contribution < -0.4 is 20.9 Å². The Hall–Kier alpha value is -2.29. The van der Waals surface area contributed by atoms with E-state index in [-0.39, 0.29) is 29.9 Å². The zero-order chi connectivity index (χ0) is 20.4. The van der Waals surface area contributed by atoms with Crippen molar-refractivity contribution in [2.45, 2.75) is 27.3 Å². The summed E-state index contributed by atoms with van der Waals surface area (Å²) in [6.45, 7) is 9.04. The number of benzene rings is 2. The number of carbonyl (C=O) groups is 1. The molecule has 29 heavy (non-hydrogen) atoms. The minimum atomic E-state index is -0.0725. The summed E-state index contributed by atoms with van der Waals surface area (Å²) < 4.78 is 0. The molecule has 6 nitrogen and oxygen atoms in total. The molecule has 0 spiro atoms. The fourth-order valence-electron chi connectivity index (χ4n) is 2.97. The number of guanidine groups is 1. The number of amides is 1. The van der Waals surface area contributed by atoms with Crippen LogP contribution in [-0.2, 0) is 11.3 Å². The highest BCUT2D eigenvalue weighted by Crippen LogP contribution is 2.15. The summed E-state index contributed by atoms with van der Waals surface area (Å²) in [5.74, 6) is 0.682. The molecule has 2 aromatic rings. The van der Waals surface area contributed by atoms with Gasteiger partial charge in [0.2, 0.25) is 5.91 Å². The third kappa shape index (κ3) is 8.72. The van der Waals surface area contributed by atoms with E-state index in [1.54, 1.807) is 7.05 Å². The molecule has 0 bridgehead atoms. The number of nitrogens with zero attached hydrogens (tertiary/aromatic N) is 2. The monoisotopic (exact) mass is 509 g/mol. The SMILES string of the molecule is CCN(CCNC(=NC)NCc1cccc(NC(C)=O)c1)c1cccc(C)c1.I. The van der Waals surface area contributed by atoms with E-state index < -0.39 is 0 Å². The molecule has 0 unspecified atom stereocenters. The van der Waals surface area contributed by atoms with E-state index in [9.17, 15) is 4.79 Å². The predicted molar refractivity (Wildman–Crippen MR) is 133 cm³/mol. The minimum Gasteiger partial charge on any atom is -0.370 e. The summed E-state index contributed by atoms with van der Waals surface area (Å²) >= 11 is 0. The van der Waals surface area contributed by atoms with Crippen LogP contribution in [0, 0.1) is 6.92 Å². The van der Waals surface area contributed by atoms with Gasteiger partial charge in [-0.2, -0.15) is 0 Å². The van der Waals surface area contributed by atoms with Crippen LogP contribution in [0.4, 0.5) is 11.4 Å². The van der Waals surface area contributed by atoms with Gasteiger partial charge in [0.1, 0.15) is 0 Å². The van der Waals surface area contributed by atoms with Gasteiger partial charge in [-0.25, -0.2) is 0 Å². The molecule has 2 aromatic carbocycles. The number of anilines is 2. The van der Waals surface area contributed by atoms with Gasteiger partial charge < -0.3 is 20.9 Å². The lowest BCUT2D eigenvalue weighted by Crippen LogP contribution is -2.41. The van der Waals surface area contributed by atoms with Crippen LogP contribution >= 0.6 is 24.0 Å². The van der Waals surface area contributed by atoms with Gasteiger partial charge in [0.05, 0.1) is 0 Å². The van der Waals surface area contributed by atoms with Crippen molar-refractivity contribution < 1.29 is 4.79 Å². The molecule has 0 heterocycles. The molecule has 158 valence electrons. The number of hydrogen-bond donors (Lipinski definition) is 3. The number of nitrogens with one attached hydrogen (secondary N) is 3. The van der Waals surface area contributed by atoms with Crippen molar-refractivity contribution in [3.63, 3.8) is 0 Å². The minimum absolute atomic E-state index is 0. The number of aryl methyl sites for hydroxylation is 1. The largest absolute Gasteiger partial charge is 0.370 e. The van der Waals surface area contributed by atoms with Gasteiger partial charge in [-0.3, -0.25) is 9.79 Å². The smallest absolute Gasteiger partial charge is 0.221 e. The second-order valence-electron chi connectivity index (χ2n) is 6.65. The van der Waals surface area contributed by atoms with Crippen molar-refractivity contribution >= 4 is 47.2 Å². The molecule has 0 radical (unpaired) electrons. The number of carbonyl (C=O) groups excluding carboxylic acids is 1. The summed E-state index contributed by atoms with van der Waals surface area (Å²) in [7, 11) is 1.77. The van der Waals surface area contributed by atoms with Gasteiger partial charge in [-0.05, 0) is 49.2 Å². The van der Waals surface area contributed by atoms with Gasteiger partial charge in [0.15, 0.2) is 5.96 Å². The first-order chi connectivity index (χ1) is 13.5. The maximum Gasteiger partial charge on any atom is 0.221 e. The summed E-state index contributed by atoms with van der Waals surface area (Å²) in [5, 5.41) is 9.48. The van der Waals surface area contributed by atoms with Crippen LogP contribution in [0.2, 0.25) is 0 Å². The number of likely N-dealkylation sites (N-methyl/N-ethyl adjacent to an activating group) is 1. The molecule has 3 N–H and O–H groups in total. The zero-order valence-corrected chi connectivity index (χ0v) is 20.0. The van der Waals surface area contributed by atoms with Crippen molar-refractivity contribution in [1.29, 1.82) is 0 Å². The maximum atomic E-state index is 11.2. The first kappa shape index (κ1) is 24.7. The number of halogens is 1. The van der Waals surface area contributed by atoms with Gasteiger partial charge >= 0.3 is 0 Å². The molecule has 0 atom stereocenters. The second-order valence-corrected chi connectivity index (χ2v) is 6.65. The molecular formula is C22H32IN5O. The quantitative estimate of drug-likeness (QED) is 0.288. The summed E-state index contributed by atoms with van der Waals surface area (Å²) in [5.41, 5.74) is 4.38. The molecule has 1 amide bonds. The molecule has 0 saturated heterocycles. The Morgan fingerprint density at radius 3 is 2.52 bits per heavy atom. The van der Waals surface area contributed by atoms with Crippen LogP contribution in [0.1, 0.15) is 25.0 Å². The first-order valence-corrected chi connectivity index (χ1v) is 9.64. The van der Waals surface area contributed by atoms with E-state index in [1.807, 2.05) is 24.3 Å². The Kier molecular flexibility index (Phi) is 11.1.